The maximum atomic E-state index is 12.5. The van der Waals surface area contributed by atoms with Gasteiger partial charge in [0.25, 0.3) is 0 Å². The average molecular weight is 488 g/mol. The number of aliphatic imine (C=N–C) groups is 1. The standard InChI is InChI=1S/C16H27F3N6.HI/c1-5-20-15(21-8-14-11(2)23-24(4)12(14)3)22-13-6-7-25(9-13)10-16(17,18)19;/h13H,5-10H2,1-4H3,(H2,20,21,22);1H. The maximum absolute atomic E-state index is 12.5. The number of aromatic nitrogens is 2. The lowest BCUT2D eigenvalue weighted by Gasteiger charge is -2.19. The van der Waals surface area contributed by atoms with Gasteiger partial charge >= 0.3 is 6.18 Å². The van der Waals surface area contributed by atoms with Gasteiger partial charge in [0.2, 0.25) is 0 Å². The molecule has 0 radical (unpaired) electrons. The van der Waals surface area contributed by atoms with Crippen LogP contribution >= 0.6 is 24.0 Å². The molecule has 6 nitrogen and oxygen atoms in total. The Balaban J connectivity index is 0.00000338. The van der Waals surface area contributed by atoms with E-state index < -0.39 is 12.7 Å². The average Bonchev–Trinajstić information content (AvgIpc) is 3.01. The normalized spacial score (nSPS) is 18.7. The number of guanidine groups is 1. The minimum absolute atomic E-state index is 0. The third-order valence-corrected chi connectivity index (χ3v) is 4.41. The minimum Gasteiger partial charge on any atom is -0.357 e. The highest BCUT2D eigenvalue weighted by atomic mass is 127. The zero-order valence-corrected chi connectivity index (χ0v) is 18.0. The van der Waals surface area contributed by atoms with Crippen LogP contribution in [0.3, 0.4) is 0 Å². The zero-order valence-electron chi connectivity index (χ0n) is 15.7. The zero-order chi connectivity index (χ0) is 18.6. The van der Waals surface area contributed by atoms with Crippen LogP contribution in [-0.4, -0.2) is 59.0 Å². The summed E-state index contributed by atoms with van der Waals surface area (Å²) < 4.78 is 39.3. The smallest absolute Gasteiger partial charge is 0.357 e. The van der Waals surface area contributed by atoms with Crippen molar-refractivity contribution in [2.24, 2.45) is 12.0 Å². The topological polar surface area (TPSA) is 57.5 Å². The molecular formula is C16H28F3IN6. The summed E-state index contributed by atoms with van der Waals surface area (Å²) in [4.78, 5) is 6.01. The molecule has 0 saturated carbocycles. The molecule has 150 valence electrons. The van der Waals surface area contributed by atoms with Crippen LogP contribution < -0.4 is 10.6 Å². The Labute approximate surface area is 169 Å². The Kier molecular flexibility index (Phi) is 8.64. The molecule has 1 atom stereocenters. The molecule has 1 aromatic heterocycles. The summed E-state index contributed by atoms with van der Waals surface area (Å²) in [7, 11) is 1.90. The maximum Gasteiger partial charge on any atom is 0.401 e. The third-order valence-electron chi connectivity index (χ3n) is 4.41. The molecule has 1 fully saturated rings. The van der Waals surface area contributed by atoms with Gasteiger partial charge in [0.1, 0.15) is 0 Å². The number of nitrogens with one attached hydrogen (secondary N) is 2. The molecule has 0 amide bonds. The highest BCUT2D eigenvalue weighted by Crippen LogP contribution is 2.20. The van der Waals surface area contributed by atoms with E-state index in [-0.39, 0.29) is 30.0 Å². The lowest BCUT2D eigenvalue weighted by molar-refractivity contribution is -0.143. The molecule has 0 spiro atoms. The van der Waals surface area contributed by atoms with Crippen LogP contribution in [0.25, 0.3) is 0 Å². The van der Waals surface area contributed by atoms with Crippen molar-refractivity contribution >= 4 is 29.9 Å². The van der Waals surface area contributed by atoms with Crippen LogP contribution in [-0.2, 0) is 13.6 Å². The fourth-order valence-corrected chi connectivity index (χ4v) is 3.07. The molecule has 1 unspecified atom stereocenters. The number of nitrogens with zero attached hydrogens (tertiary/aromatic N) is 4. The van der Waals surface area contributed by atoms with Crippen molar-refractivity contribution in [1.29, 1.82) is 0 Å². The largest absolute Gasteiger partial charge is 0.401 e. The van der Waals surface area contributed by atoms with Gasteiger partial charge in [-0.3, -0.25) is 9.58 Å². The van der Waals surface area contributed by atoms with Crippen LogP contribution in [0.5, 0.6) is 0 Å². The molecule has 2 rings (SSSR count). The molecule has 1 saturated heterocycles. The van der Waals surface area contributed by atoms with Gasteiger partial charge in [-0.2, -0.15) is 18.3 Å². The van der Waals surface area contributed by atoms with Gasteiger partial charge < -0.3 is 10.6 Å². The summed E-state index contributed by atoms with van der Waals surface area (Å²) in [5, 5.41) is 10.8. The van der Waals surface area contributed by atoms with Crippen LogP contribution in [0.1, 0.15) is 30.3 Å². The van der Waals surface area contributed by atoms with Crippen LogP contribution in [0.15, 0.2) is 4.99 Å². The summed E-state index contributed by atoms with van der Waals surface area (Å²) in [6.45, 7) is 7.04. The van der Waals surface area contributed by atoms with E-state index in [1.54, 1.807) is 0 Å². The SMILES string of the molecule is CCNC(=NCc1c(C)nn(C)c1C)NC1CCN(CC(F)(F)F)C1.I. The molecule has 1 aliphatic rings. The Morgan fingerprint density at radius 2 is 2.04 bits per heavy atom. The van der Waals surface area contributed by atoms with Crippen LogP contribution in [0, 0.1) is 13.8 Å². The molecule has 1 aliphatic heterocycles. The lowest BCUT2D eigenvalue weighted by Crippen LogP contribution is -2.45. The lowest BCUT2D eigenvalue weighted by atomic mass is 10.2. The Morgan fingerprint density at radius 1 is 1.35 bits per heavy atom. The van der Waals surface area contributed by atoms with Gasteiger partial charge in [0.15, 0.2) is 5.96 Å². The van der Waals surface area contributed by atoms with E-state index in [0.717, 1.165) is 17.0 Å². The molecule has 2 N–H and O–H groups in total. The second-order valence-corrected chi connectivity index (χ2v) is 6.45. The Bertz CT molecular complexity index is 614. The van der Waals surface area contributed by atoms with Crippen LogP contribution in [0.4, 0.5) is 13.2 Å². The van der Waals surface area contributed by atoms with Gasteiger partial charge in [-0.25, -0.2) is 4.99 Å². The summed E-state index contributed by atoms with van der Waals surface area (Å²) in [6.07, 6.45) is -3.48. The fourth-order valence-electron chi connectivity index (χ4n) is 3.07. The number of alkyl halides is 3. The number of likely N-dealkylation sites (tertiary alicyclic amines) is 1. The van der Waals surface area contributed by atoms with E-state index in [9.17, 15) is 13.2 Å². The molecule has 0 aliphatic carbocycles. The molecule has 2 heterocycles. The number of halogens is 4. The van der Waals surface area contributed by atoms with Gasteiger partial charge in [-0.05, 0) is 27.2 Å². The van der Waals surface area contributed by atoms with Crippen molar-refractivity contribution in [1.82, 2.24) is 25.3 Å². The van der Waals surface area contributed by atoms with E-state index in [2.05, 4.69) is 20.7 Å². The van der Waals surface area contributed by atoms with Gasteiger partial charge in [0, 0.05) is 44.0 Å². The van der Waals surface area contributed by atoms with E-state index in [4.69, 9.17) is 0 Å². The molecule has 1 aromatic rings. The van der Waals surface area contributed by atoms with E-state index >= 15 is 0 Å². The minimum atomic E-state index is -4.15. The molecule has 0 bridgehead atoms. The van der Waals surface area contributed by atoms with Crippen molar-refractivity contribution in [2.45, 2.75) is 46.0 Å². The summed E-state index contributed by atoms with van der Waals surface area (Å²) in [6, 6.07) is -0.0313. The van der Waals surface area contributed by atoms with Gasteiger partial charge in [0.05, 0.1) is 18.8 Å². The Morgan fingerprint density at radius 3 is 2.58 bits per heavy atom. The van der Waals surface area contributed by atoms with Gasteiger partial charge in [-0.1, -0.05) is 0 Å². The molecule has 26 heavy (non-hydrogen) atoms. The van der Waals surface area contributed by atoms with Crippen molar-refractivity contribution < 1.29 is 13.2 Å². The summed E-state index contributed by atoms with van der Waals surface area (Å²) >= 11 is 0. The van der Waals surface area contributed by atoms with E-state index in [0.29, 0.717) is 38.6 Å². The summed E-state index contributed by atoms with van der Waals surface area (Å²) in [5.41, 5.74) is 3.08. The van der Waals surface area contributed by atoms with Crippen molar-refractivity contribution in [2.75, 3.05) is 26.2 Å². The first-order valence-corrected chi connectivity index (χ1v) is 8.52. The monoisotopic (exact) mass is 488 g/mol. The van der Waals surface area contributed by atoms with Crippen molar-refractivity contribution in [3.8, 4) is 0 Å². The number of rotatable bonds is 5. The first-order valence-electron chi connectivity index (χ1n) is 8.52. The molecular weight excluding hydrogens is 460 g/mol. The van der Waals surface area contributed by atoms with Gasteiger partial charge in [-0.15, -0.1) is 24.0 Å². The highest BCUT2D eigenvalue weighted by Gasteiger charge is 2.34. The second kappa shape index (κ2) is 9.77. The van der Waals surface area contributed by atoms with Crippen LogP contribution in [0.2, 0.25) is 0 Å². The quantitative estimate of drug-likeness (QED) is 0.380. The first-order chi connectivity index (χ1) is 11.7. The Hall–Kier alpha value is -1.04. The summed E-state index contributed by atoms with van der Waals surface area (Å²) in [5.74, 6) is 0.629. The number of hydrogen-bond acceptors (Lipinski definition) is 3. The highest BCUT2D eigenvalue weighted by molar-refractivity contribution is 14.0. The first kappa shape index (κ1) is 23.0. The second-order valence-electron chi connectivity index (χ2n) is 6.45. The predicted molar refractivity (Wildman–Crippen MR) is 107 cm³/mol. The molecule has 0 aromatic carbocycles. The number of hydrogen-bond donors (Lipinski definition) is 2. The number of aryl methyl sites for hydroxylation is 2. The predicted octanol–water partition coefficient (Wildman–Crippen LogP) is 2.35. The van der Waals surface area contributed by atoms with Crippen molar-refractivity contribution in [3.05, 3.63) is 17.0 Å². The van der Waals surface area contributed by atoms with Crippen molar-refractivity contribution in [3.63, 3.8) is 0 Å². The van der Waals surface area contributed by atoms with E-state index in [1.165, 1.54) is 4.90 Å². The molecule has 10 heteroatoms. The van der Waals surface area contributed by atoms with E-state index in [1.807, 2.05) is 32.5 Å². The fraction of sp³-hybridized carbons (Fsp3) is 0.750. The third kappa shape index (κ3) is 6.60.